The first-order valence-corrected chi connectivity index (χ1v) is 9.43. The summed E-state index contributed by atoms with van der Waals surface area (Å²) < 4.78 is 27.1. The second kappa shape index (κ2) is 6.85. The highest BCUT2D eigenvalue weighted by molar-refractivity contribution is 7.89. The third kappa shape index (κ3) is 3.52. The molecule has 2 amide bonds. The smallest absolute Gasteiger partial charge is 0.334 e. The summed E-state index contributed by atoms with van der Waals surface area (Å²) in [5.74, 6) is -5.14. The Labute approximate surface area is 150 Å². The van der Waals surface area contributed by atoms with Gasteiger partial charge < -0.3 is 25.8 Å². The number of carbonyl (C=O) groups is 3. The molecule has 26 heavy (non-hydrogen) atoms. The molecule has 12 heteroatoms. The van der Waals surface area contributed by atoms with Gasteiger partial charge in [0.05, 0.1) is 13.2 Å². The van der Waals surface area contributed by atoms with Gasteiger partial charge in [-0.1, -0.05) is 0 Å². The zero-order valence-corrected chi connectivity index (χ0v) is 15.2. The van der Waals surface area contributed by atoms with E-state index in [1.165, 1.54) is 6.20 Å². The van der Waals surface area contributed by atoms with Gasteiger partial charge in [-0.05, 0) is 6.42 Å². The van der Waals surface area contributed by atoms with Gasteiger partial charge >= 0.3 is 5.97 Å². The van der Waals surface area contributed by atoms with Crippen molar-refractivity contribution in [1.29, 1.82) is 0 Å². The Kier molecular flexibility index (Phi) is 5.31. The zero-order chi connectivity index (χ0) is 19.9. The molecule has 1 aliphatic heterocycles. The molecule has 4 atom stereocenters. The second-order valence-corrected chi connectivity index (χ2v) is 8.18. The van der Waals surface area contributed by atoms with Crippen LogP contribution in [0.15, 0.2) is 11.8 Å². The van der Waals surface area contributed by atoms with Gasteiger partial charge in [0.25, 0.3) is 0 Å². The van der Waals surface area contributed by atoms with E-state index < -0.39 is 57.0 Å². The number of aliphatic hydroxyl groups excluding tert-OH is 1. The van der Waals surface area contributed by atoms with Gasteiger partial charge in [-0.25, -0.2) is 18.4 Å². The summed E-state index contributed by atoms with van der Waals surface area (Å²) in [5.41, 5.74) is 3.67. The van der Waals surface area contributed by atoms with Gasteiger partial charge in [-0.15, -0.1) is 0 Å². The Bertz CT molecular complexity index is 765. The first kappa shape index (κ1) is 20.1. The molecule has 0 aromatic carbocycles. The molecular weight excluding hydrogens is 368 g/mol. The van der Waals surface area contributed by atoms with Crippen LogP contribution in [0, 0.1) is 11.8 Å². The number of carbonyl (C=O) groups excluding carboxylic acids is 3. The fraction of sp³-hybridized carbons (Fsp3) is 0.643. The summed E-state index contributed by atoms with van der Waals surface area (Å²) in [6, 6.07) is 0. The zero-order valence-electron chi connectivity index (χ0n) is 14.3. The lowest BCUT2D eigenvalue weighted by atomic mass is 9.77. The summed E-state index contributed by atoms with van der Waals surface area (Å²) in [5, 5.41) is 17.8. The standard InChI is InChI=1S/C14H22N4O7S/c1-18-4-8(12(15)21)7-3-10(19)14(9(7)5-18,13(22)25-2)17-11(20)6-26(16,23)24/h4,7,9-10,19H,3,5-6H2,1-2H3,(H2,15,21)(H,17,20)(H2,16,23,24)/t7-,9+,10-,14+/m0/s1. The van der Waals surface area contributed by atoms with Crippen LogP contribution >= 0.6 is 0 Å². The van der Waals surface area contributed by atoms with Crippen LogP contribution in [-0.2, 0) is 29.1 Å². The number of aliphatic hydroxyl groups is 1. The number of nitrogens with two attached hydrogens (primary N) is 2. The Morgan fingerprint density at radius 1 is 1.46 bits per heavy atom. The van der Waals surface area contributed by atoms with Crippen LogP contribution in [0.1, 0.15) is 6.42 Å². The monoisotopic (exact) mass is 390 g/mol. The van der Waals surface area contributed by atoms with Crippen molar-refractivity contribution in [3.63, 3.8) is 0 Å². The number of methoxy groups -OCH3 is 1. The highest BCUT2D eigenvalue weighted by atomic mass is 32.2. The molecule has 1 aliphatic carbocycles. The van der Waals surface area contributed by atoms with E-state index in [1.807, 2.05) is 0 Å². The lowest BCUT2D eigenvalue weighted by molar-refractivity contribution is -0.158. The first-order chi connectivity index (χ1) is 11.9. The number of amides is 2. The maximum Gasteiger partial charge on any atom is 0.334 e. The topological polar surface area (TPSA) is 182 Å². The molecule has 6 N–H and O–H groups in total. The molecule has 0 radical (unpaired) electrons. The molecular formula is C14H22N4O7S. The molecule has 0 spiro atoms. The van der Waals surface area contributed by atoms with Crippen LogP contribution in [-0.4, -0.2) is 74.3 Å². The molecule has 1 fully saturated rings. The van der Waals surface area contributed by atoms with E-state index in [0.29, 0.717) is 0 Å². The number of ether oxygens (including phenoxy) is 1. The number of primary amides is 1. The minimum absolute atomic E-state index is 0.0297. The van der Waals surface area contributed by atoms with Crippen molar-refractivity contribution in [2.45, 2.75) is 18.1 Å². The number of sulfonamides is 1. The number of esters is 1. The largest absolute Gasteiger partial charge is 0.467 e. The van der Waals surface area contributed by atoms with Crippen molar-refractivity contribution in [3.05, 3.63) is 11.8 Å². The first-order valence-electron chi connectivity index (χ1n) is 7.72. The van der Waals surface area contributed by atoms with E-state index in [-0.39, 0.29) is 18.5 Å². The molecule has 11 nitrogen and oxygen atoms in total. The van der Waals surface area contributed by atoms with Gasteiger partial charge in [0.15, 0.2) is 5.54 Å². The van der Waals surface area contributed by atoms with Crippen molar-refractivity contribution < 1.29 is 32.6 Å². The van der Waals surface area contributed by atoms with E-state index in [1.54, 1.807) is 11.9 Å². The number of rotatable bonds is 5. The summed E-state index contributed by atoms with van der Waals surface area (Å²) >= 11 is 0. The molecule has 0 unspecified atom stereocenters. The van der Waals surface area contributed by atoms with Crippen molar-refractivity contribution in [2.75, 3.05) is 26.5 Å². The van der Waals surface area contributed by atoms with Crippen LogP contribution in [0.3, 0.4) is 0 Å². The van der Waals surface area contributed by atoms with Crippen LogP contribution in [0.5, 0.6) is 0 Å². The predicted molar refractivity (Wildman–Crippen MR) is 88.4 cm³/mol. The molecule has 146 valence electrons. The highest BCUT2D eigenvalue weighted by Crippen LogP contribution is 2.47. The molecule has 2 rings (SSSR count). The number of nitrogens with zero attached hydrogens (tertiary/aromatic N) is 1. The van der Waals surface area contributed by atoms with E-state index in [9.17, 15) is 27.9 Å². The van der Waals surface area contributed by atoms with Gasteiger partial charge in [0, 0.05) is 37.2 Å². The summed E-state index contributed by atoms with van der Waals surface area (Å²) in [4.78, 5) is 38.1. The van der Waals surface area contributed by atoms with Gasteiger partial charge in [-0.2, -0.15) is 0 Å². The fourth-order valence-electron chi connectivity index (χ4n) is 3.85. The Hall–Kier alpha value is -2.18. The quantitative estimate of drug-likeness (QED) is 0.350. The lowest BCUT2D eigenvalue weighted by Gasteiger charge is -2.41. The molecule has 0 saturated heterocycles. The summed E-state index contributed by atoms with van der Waals surface area (Å²) in [7, 11) is -1.43. The van der Waals surface area contributed by atoms with E-state index in [4.69, 9.17) is 15.6 Å². The number of nitrogens with one attached hydrogen (secondary N) is 1. The average molecular weight is 390 g/mol. The Balaban J connectivity index is 2.48. The van der Waals surface area contributed by atoms with Crippen molar-refractivity contribution in [3.8, 4) is 0 Å². The molecule has 0 bridgehead atoms. The summed E-state index contributed by atoms with van der Waals surface area (Å²) in [6.45, 7) is 0.198. The van der Waals surface area contributed by atoms with E-state index >= 15 is 0 Å². The maximum absolute atomic E-state index is 12.6. The van der Waals surface area contributed by atoms with Crippen molar-refractivity contribution >= 4 is 27.8 Å². The normalized spacial score (nSPS) is 31.0. The van der Waals surface area contributed by atoms with Crippen molar-refractivity contribution in [2.24, 2.45) is 22.7 Å². The summed E-state index contributed by atoms with van der Waals surface area (Å²) in [6.07, 6.45) is 0.0805. The third-order valence-corrected chi connectivity index (χ3v) is 5.47. The van der Waals surface area contributed by atoms with Crippen LogP contribution in [0.4, 0.5) is 0 Å². The number of primary sulfonamides is 1. The van der Waals surface area contributed by atoms with Gasteiger partial charge in [-0.3, -0.25) is 9.59 Å². The number of fused-ring (bicyclic) bond motifs is 1. The van der Waals surface area contributed by atoms with Crippen LogP contribution in [0.25, 0.3) is 0 Å². The molecule has 1 heterocycles. The van der Waals surface area contributed by atoms with E-state index in [2.05, 4.69) is 5.32 Å². The van der Waals surface area contributed by atoms with Crippen LogP contribution < -0.4 is 16.2 Å². The fourth-order valence-corrected chi connectivity index (χ4v) is 4.28. The molecule has 0 aromatic rings. The minimum atomic E-state index is -4.15. The third-order valence-electron chi connectivity index (χ3n) is 4.80. The minimum Gasteiger partial charge on any atom is -0.467 e. The highest BCUT2D eigenvalue weighted by Gasteiger charge is 2.63. The molecule has 0 aromatic heterocycles. The van der Waals surface area contributed by atoms with Crippen molar-refractivity contribution in [1.82, 2.24) is 10.2 Å². The molecule has 2 aliphatic rings. The number of hydrogen-bond donors (Lipinski definition) is 4. The number of hydrogen-bond acceptors (Lipinski definition) is 8. The Morgan fingerprint density at radius 3 is 2.58 bits per heavy atom. The maximum atomic E-state index is 12.6. The van der Waals surface area contributed by atoms with E-state index in [0.717, 1.165) is 7.11 Å². The average Bonchev–Trinajstić information content (AvgIpc) is 2.77. The van der Waals surface area contributed by atoms with Gasteiger partial charge in [0.1, 0.15) is 5.75 Å². The predicted octanol–water partition coefficient (Wildman–Crippen LogP) is -3.39. The SMILES string of the molecule is COC(=O)[C@@]1(NC(=O)CS(N)(=O)=O)[C@@H]2CN(C)C=C(C(N)=O)[C@@H]2C[C@@H]1O. The second-order valence-electron chi connectivity index (χ2n) is 6.57. The van der Waals surface area contributed by atoms with Crippen LogP contribution in [0.2, 0.25) is 0 Å². The Morgan fingerprint density at radius 2 is 2.08 bits per heavy atom. The lowest BCUT2D eigenvalue weighted by Crippen LogP contribution is -2.66. The molecule has 1 saturated carbocycles. The van der Waals surface area contributed by atoms with Gasteiger partial charge in [0.2, 0.25) is 21.8 Å².